The van der Waals surface area contributed by atoms with Gasteiger partial charge in [0.25, 0.3) is 0 Å². The van der Waals surface area contributed by atoms with Gasteiger partial charge in [-0.05, 0) is 66.8 Å². The standard InChI is InChI=1S/C23H27FN2O5S/c1-30-21-12-16-9-11-25(14-18(16)13-22(21)31-2)23(27)17-4-3-10-26(15-17)32(28,29)20-7-5-19(24)6-8-20/h5-8,12-13,17H,3-4,9-11,14-15H2,1-2H3. The second kappa shape index (κ2) is 9.07. The predicted molar refractivity (Wildman–Crippen MR) is 117 cm³/mol. The molecule has 2 aromatic rings. The van der Waals surface area contributed by atoms with Crippen molar-refractivity contribution in [1.82, 2.24) is 9.21 Å². The van der Waals surface area contributed by atoms with E-state index in [1.807, 2.05) is 12.1 Å². The number of piperidine rings is 1. The van der Waals surface area contributed by atoms with Gasteiger partial charge in [0.1, 0.15) is 5.82 Å². The van der Waals surface area contributed by atoms with Crippen molar-refractivity contribution >= 4 is 15.9 Å². The van der Waals surface area contributed by atoms with Crippen molar-refractivity contribution in [3.05, 3.63) is 53.3 Å². The number of carbonyl (C=O) groups is 1. The summed E-state index contributed by atoms with van der Waals surface area (Å²) in [5.41, 5.74) is 2.13. The third kappa shape index (κ3) is 4.31. The quantitative estimate of drug-likeness (QED) is 0.683. The Morgan fingerprint density at radius 3 is 2.34 bits per heavy atom. The number of carbonyl (C=O) groups excluding carboxylic acids is 1. The van der Waals surface area contributed by atoms with Crippen molar-refractivity contribution < 1.29 is 27.1 Å². The topological polar surface area (TPSA) is 76.2 Å². The van der Waals surface area contributed by atoms with Gasteiger partial charge in [-0.15, -0.1) is 0 Å². The van der Waals surface area contributed by atoms with E-state index >= 15 is 0 Å². The first-order valence-electron chi connectivity index (χ1n) is 10.6. The summed E-state index contributed by atoms with van der Waals surface area (Å²) < 4.78 is 51.3. The largest absolute Gasteiger partial charge is 0.493 e. The number of halogens is 1. The van der Waals surface area contributed by atoms with Gasteiger partial charge < -0.3 is 14.4 Å². The van der Waals surface area contributed by atoms with Gasteiger partial charge in [-0.1, -0.05) is 0 Å². The summed E-state index contributed by atoms with van der Waals surface area (Å²) >= 11 is 0. The smallest absolute Gasteiger partial charge is 0.243 e. The molecule has 2 aliphatic rings. The van der Waals surface area contributed by atoms with Crippen LogP contribution in [0, 0.1) is 11.7 Å². The molecule has 1 saturated heterocycles. The molecule has 32 heavy (non-hydrogen) atoms. The number of sulfonamides is 1. The van der Waals surface area contributed by atoms with Crippen LogP contribution in [0.5, 0.6) is 11.5 Å². The first-order valence-corrected chi connectivity index (χ1v) is 12.1. The van der Waals surface area contributed by atoms with E-state index in [-0.39, 0.29) is 17.3 Å². The van der Waals surface area contributed by atoms with Crippen LogP contribution in [0.1, 0.15) is 24.0 Å². The summed E-state index contributed by atoms with van der Waals surface area (Å²) in [7, 11) is -0.603. The van der Waals surface area contributed by atoms with E-state index in [0.717, 1.165) is 23.3 Å². The second-order valence-corrected chi connectivity index (χ2v) is 10.1. The average Bonchev–Trinajstić information content (AvgIpc) is 2.82. The molecule has 2 aromatic carbocycles. The summed E-state index contributed by atoms with van der Waals surface area (Å²) in [5.74, 6) is 0.357. The van der Waals surface area contributed by atoms with E-state index in [4.69, 9.17) is 9.47 Å². The molecule has 2 aliphatic heterocycles. The van der Waals surface area contributed by atoms with Gasteiger partial charge in [0, 0.05) is 26.2 Å². The molecule has 0 aromatic heterocycles. The number of rotatable bonds is 5. The molecule has 7 nitrogen and oxygen atoms in total. The lowest BCUT2D eigenvalue weighted by Crippen LogP contribution is -2.47. The van der Waals surface area contributed by atoms with Crippen LogP contribution in [0.3, 0.4) is 0 Å². The average molecular weight is 463 g/mol. The Balaban J connectivity index is 1.49. The summed E-state index contributed by atoms with van der Waals surface area (Å²) in [6.45, 7) is 1.51. The van der Waals surface area contributed by atoms with Crippen molar-refractivity contribution in [3.8, 4) is 11.5 Å². The van der Waals surface area contributed by atoms with Crippen molar-refractivity contribution in [3.63, 3.8) is 0 Å². The molecule has 2 heterocycles. The van der Waals surface area contributed by atoms with Crippen molar-refractivity contribution in [2.45, 2.75) is 30.7 Å². The molecule has 1 unspecified atom stereocenters. The number of nitrogens with zero attached hydrogens (tertiary/aromatic N) is 2. The monoisotopic (exact) mass is 462 g/mol. The lowest BCUT2D eigenvalue weighted by atomic mass is 9.94. The van der Waals surface area contributed by atoms with E-state index in [1.165, 1.54) is 16.4 Å². The molecular weight excluding hydrogens is 435 g/mol. The van der Waals surface area contributed by atoms with Crippen LogP contribution >= 0.6 is 0 Å². The Morgan fingerprint density at radius 1 is 1.03 bits per heavy atom. The maximum Gasteiger partial charge on any atom is 0.243 e. The Labute approximate surface area is 187 Å². The van der Waals surface area contributed by atoms with Crippen LogP contribution in [0.4, 0.5) is 4.39 Å². The Kier molecular flexibility index (Phi) is 6.39. The van der Waals surface area contributed by atoms with Crippen molar-refractivity contribution in [2.24, 2.45) is 5.92 Å². The fourth-order valence-corrected chi connectivity index (χ4v) is 5.97. The van der Waals surface area contributed by atoms with Crippen molar-refractivity contribution in [1.29, 1.82) is 0 Å². The van der Waals surface area contributed by atoms with Gasteiger partial charge in [-0.2, -0.15) is 4.31 Å². The van der Waals surface area contributed by atoms with Crippen LogP contribution < -0.4 is 9.47 Å². The number of methoxy groups -OCH3 is 2. The van der Waals surface area contributed by atoms with Crippen LogP contribution in [0.2, 0.25) is 0 Å². The number of fused-ring (bicyclic) bond motifs is 1. The summed E-state index contributed by atoms with van der Waals surface area (Å²) in [5, 5.41) is 0. The Bertz CT molecular complexity index is 1100. The third-order valence-corrected chi connectivity index (χ3v) is 8.09. The first-order chi connectivity index (χ1) is 15.3. The number of benzene rings is 2. The molecule has 1 amide bonds. The molecule has 0 aliphatic carbocycles. The molecule has 0 N–H and O–H groups in total. The van der Waals surface area contributed by atoms with E-state index < -0.39 is 21.8 Å². The van der Waals surface area contributed by atoms with Crippen LogP contribution in [-0.2, 0) is 27.8 Å². The molecule has 0 saturated carbocycles. The zero-order chi connectivity index (χ0) is 22.9. The first kappa shape index (κ1) is 22.5. The predicted octanol–water partition coefficient (Wildman–Crippen LogP) is 2.83. The molecule has 0 radical (unpaired) electrons. The van der Waals surface area contributed by atoms with Gasteiger partial charge in [0.2, 0.25) is 15.9 Å². The minimum Gasteiger partial charge on any atom is -0.493 e. The van der Waals surface area contributed by atoms with Crippen LogP contribution in [0.15, 0.2) is 41.3 Å². The fraction of sp³-hybridized carbons (Fsp3) is 0.435. The summed E-state index contributed by atoms with van der Waals surface area (Å²) in [6.07, 6.45) is 1.95. The molecule has 0 bridgehead atoms. The maximum absolute atomic E-state index is 13.3. The maximum atomic E-state index is 13.3. The number of ether oxygens (including phenoxy) is 2. The van der Waals surface area contributed by atoms with E-state index in [9.17, 15) is 17.6 Å². The highest BCUT2D eigenvalue weighted by molar-refractivity contribution is 7.89. The van der Waals surface area contributed by atoms with Crippen LogP contribution in [-0.4, -0.2) is 57.4 Å². The molecule has 0 spiro atoms. The minimum absolute atomic E-state index is 0.0376. The Hall–Kier alpha value is -2.65. The lowest BCUT2D eigenvalue weighted by molar-refractivity contribution is -0.137. The van der Waals surface area contributed by atoms with Gasteiger partial charge in [0.15, 0.2) is 11.5 Å². The molecule has 172 valence electrons. The molecule has 1 atom stereocenters. The highest BCUT2D eigenvalue weighted by Crippen LogP contribution is 2.34. The number of hydrogen-bond donors (Lipinski definition) is 0. The highest BCUT2D eigenvalue weighted by Gasteiger charge is 2.36. The number of amides is 1. The normalized spacial score (nSPS) is 19.3. The van der Waals surface area contributed by atoms with Gasteiger partial charge in [0.05, 0.1) is 25.0 Å². The van der Waals surface area contributed by atoms with Crippen LogP contribution in [0.25, 0.3) is 0 Å². The van der Waals surface area contributed by atoms with Crippen molar-refractivity contribution in [2.75, 3.05) is 33.9 Å². The zero-order valence-electron chi connectivity index (χ0n) is 18.2. The number of hydrogen-bond acceptors (Lipinski definition) is 5. The fourth-order valence-electron chi connectivity index (χ4n) is 4.45. The van der Waals surface area contributed by atoms with E-state index in [2.05, 4.69) is 0 Å². The third-order valence-electron chi connectivity index (χ3n) is 6.21. The summed E-state index contributed by atoms with van der Waals surface area (Å²) in [4.78, 5) is 15.1. The van der Waals surface area contributed by atoms with E-state index in [1.54, 1.807) is 19.1 Å². The Morgan fingerprint density at radius 2 is 1.69 bits per heavy atom. The van der Waals surface area contributed by atoms with Gasteiger partial charge in [-0.3, -0.25) is 4.79 Å². The van der Waals surface area contributed by atoms with E-state index in [0.29, 0.717) is 50.4 Å². The second-order valence-electron chi connectivity index (χ2n) is 8.14. The minimum atomic E-state index is -3.78. The SMILES string of the molecule is COc1cc2c(cc1OC)CN(C(=O)C1CCCN(S(=O)(=O)c3ccc(F)cc3)C1)CC2. The molecule has 9 heteroatoms. The molecular formula is C23H27FN2O5S. The van der Waals surface area contributed by atoms with Gasteiger partial charge >= 0.3 is 0 Å². The zero-order valence-corrected chi connectivity index (χ0v) is 19.0. The lowest BCUT2D eigenvalue weighted by Gasteiger charge is -2.36. The molecule has 4 rings (SSSR count). The summed E-state index contributed by atoms with van der Waals surface area (Å²) in [6, 6.07) is 8.65. The highest BCUT2D eigenvalue weighted by atomic mass is 32.2. The molecule has 1 fully saturated rings. The van der Waals surface area contributed by atoms with Gasteiger partial charge in [-0.25, -0.2) is 12.8 Å².